The van der Waals surface area contributed by atoms with Gasteiger partial charge in [-0.25, -0.2) is 4.98 Å². The molecule has 3 heteroatoms. The first-order valence-corrected chi connectivity index (χ1v) is 6.54. The Hall–Kier alpha value is -2.68. The van der Waals surface area contributed by atoms with Crippen LogP contribution in [-0.2, 0) is 0 Å². The number of aromatic nitrogens is 2. The van der Waals surface area contributed by atoms with Gasteiger partial charge >= 0.3 is 0 Å². The van der Waals surface area contributed by atoms with E-state index in [1.807, 2.05) is 55.5 Å². The van der Waals surface area contributed by atoms with Gasteiger partial charge in [0.25, 0.3) is 5.56 Å². The molecule has 2 aromatic carbocycles. The van der Waals surface area contributed by atoms with Gasteiger partial charge in [-0.15, -0.1) is 0 Å². The minimum atomic E-state index is -0.0178. The van der Waals surface area contributed by atoms with E-state index in [1.54, 1.807) is 10.6 Å². The van der Waals surface area contributed by atoms with Crippen molar-refractivity contribution in [3.8, 4) is 0 Å². The number of nitrogens with zero attached hydrogens (tertiary/aromatic N) is 2. The first-order valence-electron chi connectivity index (χ1n) is 6.54. The molecule has 4 rings (SSSR count). The van der Waals surface area contributed by atoms with Crippen LogP contribution in [0.4, 0.5) is 0 Å². The van der Waals surface area contributed by atoms with Crippen molar-refractivity contribution in [1.29, 1.82) is 0 Å². The highest BCUT2D eigenvalue weighted by atomic mass is 16.1. The molecule has 0 N–H and O–H groups in total. The van der Waals surface area contributed by atoms with Crippen LogP contribution in [-0.4, -0.2) is 9.38 Å². The van der Waals surface area contributed by atoms with Gasteiger partial charge in [0, 0.05) is 11.6 Å². The number of hydrogen-bond acceptors (Lipinski definition) is 2. The number of fused-ring (bicyclic) bond motifs is 4. The second-order valence-corrected chi connectivity index (χ2v) is 5.03. The van der Waals surface area contributed by atoms with Crippen molar-refractivity contribution < 1.29 is 0 Å². The number of pyridine rings is 1. The van der Waals surface area contributed by atoms with Crippen LogP contribution in [0.25, 0.3) is 27.3 Å². The van der Waals surface area contributed by atoms with Crippen LogP contribution >= 0.6 is 0 Å². The zero-order valence-electron chi connectivity index (χ0n) is 11.0. The molecule has 0 saturated heterocycles. The van der Waals surface area contributed by atoms with Crippen molar-refractivity contribution in [2.45, 2.75) is 6.92 Å². The lowest BCUT2D eigenvalue weighted by atomic mass is 10.1. The molecule has 3 nitrogen and oxygen atoms in total. The van der Waals surface area contributed by atoms with Crippen LogP contribution in [0.3, 0.4) is 0 Å². The average Bonchev–Trinajstić information content (AvgIpc) is 2.47. The third-order valence-electron chi connectivity index (χ3n) is 3.67. The van der Waals surface area contributed by atoms with E-state index < -0.39 is 0 Å². The molecule has 0 aliphatic rings. The minimum absolute atomic E-state index is 0.0178. The molecule has 0 aliphatic heterocycles. The highest BCUT2D eigenvalue weighted by Gasteiger charge is 2.08. The molecule has 4 aromatic rings. The summed E-state index contributed by atoms with van der Waals surface area (Å²) < 4.78 is 1.60. The van der Waals surface area contributed by atoms with Crippen molar-refractivity contribution in [2.75, 3.05) is 0 Å². The largest absolute Gasteiger partial charge is 0.268 e. The Bertz CT molecular complexity index is 1030. The molecular weight excluding hydrogens is 248 g/mol. The fourth-order valence-corrected chi connectivity index (χ4v) is 2.64. The van der Waals surface area contributed by atoms with Gasteiger partial charge in [0.15, 0.2) is 0 Å². The number of rotatable bonds is 0. The fourth-order valence-electron chi connectivity index (χ4n) is 2.64. The lowest BCUT2D eigenvalue weighted by molar-refractivity contribution is 1.07. The summed E-state index contributed by atoms with van der Waals surface area (Å²) in [6.45, 7) is 2.00. The van der Waals surface area contributed by atoms with E-state index in [-0.39, 0.29) is 5.56 Å². The lowest BCUT2D eigenvalue weighted by Crippen LogP contribution is -2.15. The summed E-state index contributed by atoms with van der Waals surface area (Å²) >= 11 is 0. The predicted octanol–water partition coefficient (Wildman–Crippen LogP) is 3.31. The maximum absolute atomic E-state index is 12.6. The van der Waals surface area contributed by atoms with E-state index in [4.69, 9.17) is 4.98 Å². The molecule has 0 bridgehead atoms. The van der Waals surface area contributed by atoms with Crippen molar-refractivity contribution >= 4 is 27.3 Å². The normalized spacial score (nSPS) is 11.4. The SMILES string of the molecule is Cc1ccn2c(=O)c3ccc4ccccc4c3nc2c1. The van der Waals surface area contributed by atoms with Crippen molar-refractivity contribution in [2.24, 2.45) is 0 Å². The maximum atomic E-state index is 12.6. The number of aryl methyl sites for hydroxylation is 1. The van der Waals surface area contributed by atoms with Crippen LogP contribution in [0, 0.1) is 6.92 Å². The molecule has 0 unspecified atom stereocenters. The summed E-state index contributed by atoms with van der Waals surface area (Å²) in [4.78, 5) is 17.3. The summed E-state index contributed by atoms with van der Waals surface area (Å²) in [5.74, 6) is 0. The molecule has 0 aliphatic carbocycles. The average molecular weight is 260 g/mol. The summed E-state index contributed by atoms with van der Waals surface area (Å²) in [7, 11) is 0. The fraction of sp³-hybridized carbons (Fsp3) is 0.0588. The number of hydrogen-bond donors (Lipinski definition) is 0. The van der Waals surface area contributed by atoms with Crippen molar-refractivity contribution in [1.82, 2.24) is 9.38 Å². The molecule has 0 atom stereocenters. The van der Waals surface area contributed by atoms with Gasteiger partial charge < -0.3 is 0 Å². The van der Waals surface area contributed by atoms with Gasteiger partial charge in [-0.3, -0.25) is 9.20 Å². The van der Waals surface area contributed by atoms with E-state index in [1.165, 1.54) is 0 Å². The summed E-state index contributed by atoms with van der Waals surface area (Å²) in [5, 5.41) is 2.78. The van der Waals surface area contributed by atoms with Gasteiger partial charge in [-0.2, -0.15) is 0 Å². The smallest absolute Gasteiger partial charge is 0.265 e. The Morgan fingerprint density at radius 1 is 1.00 bits per heavy atom. The molecule has 2 heterocycles. The van der Waals surface area contributed by atoms with Crippen LogP contribution in [0.5, 0.6) is 0 Å². The summed E-state index contributed by atoms with van der Waals surface area (Å²) in [6, 6.07) is 15.7. The molecule has 0 fully saturated rings. The van der Waals surface area contributed by atoms with Crippen molar-refractivity contribution in [3.05, 3.63) is 70.6 Å². The third-order valence-corrected chi connectivity index (χ3v) is 3.67. The van der Waals surface area contributed by atoms with E-state index >= 15 is 0 Å². The monoisotopic (exact) mass is 260 g/mol. The molecule has 0 amide bonds. The van der Waals surface area contributed by atoms with Crippen LogP contribution < -0.4 is 5.56 Å². The second-order valence-electron chi connectivity index (χ2n) is 5.03. The highest BCUT2D eigenvalue weighted by Crippen LogP contribution is 2.22. The Morgan fingerprint density at radius 2 is 1.85 bits per heavy atom. The molecule has 2 aromatic heterocycles. The Balaban J connectivity index is 2.32. The first kappa shape index (κ1) is 11.2. The molecule has 0 radical (unpaired) electrons. The molecule has 0 spiro atoms. The summed E-state index contributed by atoms with van der Waals surface area (Å²) in [6.07, 6.45) is 1.79. The molecule has 20 heavy (non-hydrogen) atoms. The molecular formula is C17H12N2O. The first-order chi connectivity index (χ1) is 9.74. The Labute approximate surface area is 115 Å². The van der Waals surface area contributed by atoms with Gasteiger partial charge in [0.2, 0.25) is 0 Å². The Morgan fingerprint density at radius 3 is 2.75 bits per heavy atom. The standard InChI is InChI=1S/C17H12N2O/c1-11-8-9-19-15(10-11)18-16-13-5-3-2-4-12(13)6-7-14(16)17(19)20/h2-10H,1H3. The zero-order valence-corrected chi connectivity index (χ0v) is 11.0. The van der Waals surface area contributed by atoms with E-state index in [0.29, 0.717) is 11.0 Å². The van der Waals surface area contributed by atoms with Gasteiger partial charge in [0.05, 0.1) is 10.9 Å². The van der Waals surface area contributed by atoms with Crippen LogP contribution in [0.1, 0.15) is 5.56 Å². The lowest BCUT2D eigenvalue weighted by Gasteiger charge is -2.06. The van der Waals surface area contributed by atoms with Gasteiger partial charge in [0.1, 0.15) is 5.65 Å². The molecule has 96 valence electrons. The van der Waals surface area contributed by atoms with Gasteiger partial charge in [-0.05, 0) is 36.1 Å². The highest BCUT2D eigenvalue weighted by molar-refractivity contribution is 6.05. The Kier molecular flexibility index (Phi) is 2.18. The molecule has 0 saturated carbocycles. The third kappa shape index (κ3) is 1.46. The minimum Gasteiger partial charge on any atom is -0.268 e. The number of benzene rings is 2. The van der Waals surface area contributed by atoms with Gasteiger partial charge in [-0.1, -0.05) is 30.3 Å². The zero-order chi connectivity index (χ0) is 13.7. The van der Waals surface area contributed by atoms with E-state index in [0.717, 1.165) is 21.9 Å². The van der Waals surface area contributed by atoms with Crippen molar-refractivity contribution in [3.63, 3.8) is 0 Å². The predicted molar refractivity (Wildman–Crippen MR) is 81.2 cm³/mol. The summed E-state index contributed by atoms with van der Waals surface area (Å²) in [5.41, 5.74) is 2.55. The van der Waals surface area contributed by atoms with E-state index in [9.17, 15) is 4.79 Å². The topological polar surface area (TPSA) is 34.4 Å². The van der Waals surface area contributed by atoms with Crippen LogP contribution in [0.15, 0.2) is 59.5 Å². The quantitative estimate of drug-likeness (QED) is 0.359. The van der Waals surface area contributed by atoms with E-state index in [2.05, 4.69) is 0 Å². The van der Waals surface area contributed by atoms with Crippen LogP contribution in [0.2, 0.25) is 0 Å². The maximum Gasteiger partial charge on any atom is 0.265 e. The second kappa shape index (κ2) is 3.90.